The number of aryl methyl sites for hydroxylation is 1. The number of rotatable bonds is 10. The number of hydrogen-bond donors (Lipinski definition) is 3. The molecule has 0 aliphatic heterocycles. The topological polar surface area (TPSA) is 97.3 Å². The molecule has 0 bridgehead atoms. The van der Waals surface area contributed by atoms with Gasteiger partial charge in [0.2, 0.25) is 11.9 Å². The van der Waals surface area contributed by atoms with E-state index in [2.05, 4.69) is 27.5 Å². The summed E-state index contributed by atoms with van der Waals surface area (Å²) in [6.45, 7) is 3.88. The normalized spacial score (nSPS) is 17.0. The molecule has 44 heavy (non-hydrogen) atoms. The molecule has 15 heteroatoms. The summed E-state index contributed by atoms with van der Waals surface area (Å²) in [6.07, 6.45) is -7.23. The largest absolute Gasteiger partial charge is 0.487 e. The molecular formula is C29H30ClF6N5O3. The molecule has 0 atom stereocenters. The van der Waals surface area contributed by atoms with Crippen LogP contribution < -0.4 is 20.7 Å². The van der Waals surface area contributed by atoms with Crippen molar-refractivity contribution in [3.8, 4) is 5.75 Å². The van der Waals surface area contributed by atoms with E-state index in [0.29, 0.717) is 5.52 Å². The average Bonchev–Trinajstić information content (AvgIpc) is 3.26. The molecule has 0 unspecified atom stereocenters. The van der Waals surface area contributed by atoms with Crippen LogP contribution in [0.15, 0.2) is 36.4 Å². The van der Waals surface area contributed by atoms with Crippen molar-refractivity contribution in [2.45, 2.75) is 57.8 Å². The van der Waals surface area contributed by atoms with Gasteiger partial charge >= 0.3 is 6.18 Å². The van der Waals surface area contributed by atoms with Gasteiger partial charge in [0.15, 0.2) is 5.82 Å². The van der Waals surface area contributed by atoms with Crippen LogP contribution in [-0.4, -0.2) is 46.6 Å². The highest BCUT2D eigenvalue weighted by Crippen LogP contribution is 2.38. The highest BCUT2D eigenvalue weighted by Gasteiger charge is 2.41. The number of aromatic nitrogens is 2. The van der Waals surface area contributed by atoms with Gasteiger partial charge in [-0.2, -0.15) is 13.2 Å². The van der Waals surface area contributed by atoms with Crippen LogP contribution in [-0.2, 0) is 18.4 Å². The SMILES string of the molecule is C=C(C)C(=O)NCc1ccc(Cl)c(Nc2nc3cc(C(=O)N[C@H]4CC[C@H](C(F)(F)F)CC4)c(OCC(F)F)cc3n2C)c1F. The van der Waals surface area contributed by atoms with E-state index in [-0.39, 0.29) is 76.9 Å². The minimum absolute atomic E-state index is 0.00537. The molecule has 0 spiro atoms. The molecule has 3 N–H and O–H groups in total. The van der Waals surface area contributed by atoms with E-state index in [1.165, 1.54) is 35.8 Å². The van der Waals surface area contributed by atoms with E-state index in [9.17, 15) is 31.5 Å². The van der Waals surface area contributed by atoms with Crippen molar-refractivity contribution < 1.29 is 40.7 Å². The molecule has 238 valence electrons. The summed E-state index contributed by atoms with van der Waals surface area (Å²) in [7, 11) is 1.55. The fourth-order valence-electron chi connectivity index (χ4n) is 4.89. The fraction of sp³-hybridized carbons (Fsp3) is 0.414. The van der Waals surface area contributed by atoms with Crippen LogP contribution in [0.5, 0.6) is 5.75 Å². The summed E-state index contributed by atoms with van der Waals surface area (Å²) < 4.78 is 87.3. The second-order valence-corrected chi connectivity index (χ2v) is 11.0. The highest BCUT2D eigenvalue weighted by molar-refractivity contribution is 6.33. The maximum Gasteiger partial charge on any atom is 0.391 e. The standard InChI is InChI=1S/C29H30ClF6N5O3/c1-14(2)26(42)37-12-15-4-9-19(30)25(24(15)33)40-28-39-20-10-18(22(44-13-23(31)32)11-21(20)41(28)3)27(43)38-17-7-5-16(6-8-17)29(34,35)36/h4,9-11,16-17,23H,1,5-8,12-13H2,2-3H3,(H,37,42)(H,38,43)(H,39,40)/t16-,17-. The van der Waals surface area contributed by atoms with Gasteiger partial charge in [-0.05, 0) is 44.7 Å². The van der Waals surface area contributed by atoms with Crippen LogP contribution >= 0.6 is 11.6 Å². The third-order valence-electron chi connectivity index (χ3n) is 7.35. The lowest BCUT2D eigenvalue weighted by Gasteiger charge is -2.30. The minimum atomic E-state index is -4.31. The lowest BCUT2D eigenvalue weighted by molar-refractivity contribution is -0.182. The number of fused-ring (bicyclic) bond motifs is 1. The molecule has 2 amide bonds. The lowest BCUT2D eigenvalue weighted by atomic mass is 9.85. The maximum atomic E-state index is 15.4. The first kappa shape index (κ1) is 33.0. The summed E-state index contributed by atoms with van der Waals surface area (Å²) in [5, 5.41) is 8.04. The number of imidazole rings is 1. The zero-order chi connectivity index (χ0) is 32.3. The second kappa shape index (κ2) is 13.4. The van der Waals surface area contributed by atoms with Gasteiger partial charge in [0.1, 0.15) is 12.4 Å². The molecule has 3 aromatic rings. The smallest absolute Gasteiger partial charge is 0.391 e. The number of nitrogens with zero attached hydrogens (tertiary/aromatic N) is 2. The number of hydrogen-bond acceptors (Lipinski definition) is 5. The van der Waals surface area contributed by atoms with Crippen molar-refractivity contribution in [1.29, 1.82) is 0 Å². The van der Waals surface area contributed by atoms with E-state index in [1.54, 1.807) is 7.05 Å². The first-order chi connectivity index (χ1) is 20.6. The number of ether oxygens (including phenoxy) is 1. The Bertz CT molecular complexity index is 1570. The molecule has 1 aliphatic carbocycles. The van der Waals surface area contributed by atoms with Crippen molar-refractivity contribution in [3.05, 3.63) is 58.4 Å². The minimum Gasteiger partial charge on any atom is -0.487 e. The van der Waals surface area contributed by atoms with Crippen LogP contribution in [0.3, 0.4) is 0 Å². The molecule has 0 saturated heterocycles. The predicted molar refractivity (Wildman–Crippen MR) is 153 cm³/mol. The first-order valence-corrected chi connectivity index (χ1v) is 14.0. The summed E-state index contributed by atoms with van der Waals surface area (Å²) in [4.78, 5) is 29.5. The Labute approximate surface area is 253 Å². The monoisotopic (exact) mass is 645 g/mol. The van der Waals surface area contributed by atoms with Gasteiger partial charge in [0.25, 0.3) is 12.3 Å². The second-order valence-electron chi connectivity index (χ2n) is 10.6. The molecule has 2 aromatic carbocycles. The van der Waals surface area contributed by atoms with Gasteiger partial charge in [0, 0.05) is 36.8 Å². The summed E-state index contributed by atoms with van der Waals surface area (Å²) in [5.41, 5.74) is 0.633. The number of alkyl halides is 5. The molecule has 1 aromatic heterocycles. The molecule has 0 radical (unpaired) electrons. The highest BCUT2D eigenvalue weighted by atomic mass is 35.5. The van der Waals surface area contributed by atoms with Crippen LogP contribution in [0, 0.1) is 11.7 Å². The zero-order valence-corrected chi connectivity index (χ0v) is 24.5. The average molecular weight is 646 g/mol. The number of carbonyl (C=O) groups excluding carboxylic acids is 2. The van der Waals surface area contributed by atoms with Crippen molar-refractivity contribution in [2.24, 2.45) is 13.0 Å². The van der Waals surface area contributed by atoms with Gasteiger partial charge in [-0.1, -0.05) is 24.2 Å². The van der Waals surface area contributed by atoms with Gasteiger partial charge in [-0.3, -0.25) is 9.59 Å². The third-order valence-corrected chi connectivity index (χ3v) is 7.67. The molecule has 1 fully saturated rings. The van der Waals surface area contributed by atoms with Gasteiger partial charge < -0.3 is 25.3 Å². The lowest BCUT2D eigenvalue weighted by Crippen LogP contribution is -2.40. The quantitative estimate of drug-likeness (QED) is 0.167. The van der Waals surface area contributed by atoms with Crippen LogP contribution in [0.1, 0.15) is 48.5 Å². The summed E-state index contributed by atoms with van der Waals surface area (Å²) >= 11 is 6.26. The van der Waals surface area contributed by atoms with Crippen molar-refractivity contribution in [2.75, 3.05) is 11.9 Å². The van der Waals surface area contributed by atoms with E-state index < -0.39 is 48.8 Å². The third kappa shape index (κ3) is 7.58. The Kier molecular flexibility index (Phi) is 10.0. The van der Waals surface area contributed by atoms with Gasteiger partial charge in [-0.15, -0.1) is 0 Å². The van der Waals surface area contributed by atoms with Crippen molar-refractivity contribution >= 4 is 46.1 Å². The number of carbonyl (C=O) groups is 2. The molecular weight excluding hydrogens is 616 g/mol. The first-order valence-electron chi connectivity index (χ1n) is 13.6. The van der Waals surface area contributed by atoms with Gasteiger partial charge in [0.05, 0.1) is 33.2 Å². The molecule has 4 rings (SSSR count). The van der Waals surface area contributed by atoms with E-state index in [1.807, 2.05) is 0 Å². The summed E-state index contributed by atoms with van der Waals surface area (Å²) in [6, 6.07) is 4.92. The number of nitrogens with one attached hydrogen (secondary N) is 3. The molecule has 8 nitrogen and oxygen atoms in total. The molecule has 1 saturated carbocycles. The number of benzene rings is 2. The Balaban J connectivity index is 1.61. The van der Waals surface area contributed by atoms with Crippen molar-refractivity contribution in [3.63, 3.8) is 0 Å². The Morgan fingerprint density at radius 1 is 1.18 bits per heavy atom. The van der Waals surface area contributed by atoms with Crippen molar-refractivity contribution in [1.82, 2.24) is 20.2 Å². The summed E-state index contributed by atoms with van der Waals surface area (Å²) in [5.74, 6) is -3.48. The number of amides is 2. The number of anilines is 2. The predicted octanol–water partition coefficient (Wildman–Crippen LogP) is 6.80. The van der Waals surface area contributed by atoms with Crippen LogP contribution in [0.4, 0.5) is 38.0 Å². The molecule has 1 aliphatic rings. The van der Waals surface area contributed by atoms with Crippen LogP contribution in [0.25, 0.3) is 11.0 Å². The molecule has 1 heterocycles. The van der Waals surface area contributed by atoms with E-state index in [4.69, 9.17) is 16.3 Å². The zero-order valence-electron chi connectivity index (χ0n) is 23.8. The van der Waals surface area contributed by atoms with Gasteiger partial charge in [-0.25, -0.2) is 18.2 Å². The Morgan fingerprint density at radius 3 is 2.48 bits per heavy atom. The number of halogens is 7. The van der Waals surface area contributed by atoms with E-state index >= 15 is 4.39 Å². The fourth-order valence-corrected chi connectivity index (χ4v) is 5.09. The van der Waals surface area contributed by atoms with Crippen LogP contribution in [0.2, 0.25) is 5.02 Å². The maximum absolute atomic E-state index is 15.4. The Hall–Kier alpha value is -3.94. The van der Waals surface area contributed by atoms with E-state index in [0.717, 1.165) is 0 Å². The Morgan fingerprint density at radius 2 is 1.86 bits per heavy atom.